The van der Waals surface area contributed by atoms with Gasteiger partial charge in [-0.3, -0.25) is 4.52 Å². The van der Waals surface area contributed by atoms with Crippen LogP contribution in [0.4, 0.5) is 0 Å². The van der Waals surface area contributed by atoms with Crippen molar-refractivity contribution in [1.29, 1.82) is 0 Å². The van der Waals surface area contributed by atoms with Crippen LogP contribution in [0, 0.1) is 5.41 Å². The Morgan fingerprint density at radius 2 is 1.41 bits per heavy atom. The molecule has 0 aliphatic carbocycles. The molecule has 3 aliphatic rings. The van der Waals surface area contributed by atoms with Crippen molar-refractivity contribution in [3.05, 3.63) is 34.4 Å². The van der Waals surface area contributed by atoms with Gasteiger partial charge in [0.05, 0.1) is 0 Å². The zero-order chi connectivity index (χ0) is 26.1. The molecular formula is C27H45O6P. The molecule has 3 unspecified atom stereocenters. The van der Waals surface area contributed by atoms with Crippen LogP contribution >= 0.6 is 7.82 Å². The Morgan fingerprint density at radius 3 is 1.74 bits per heavy atom. The number of aliphatic hydroxyl groups is 2. The predicted molar refractivity (Wildman–Crippen MR) is 135 cm³/mol. The smallest absolute Gasteiger partial charge is 0.367 e. The number of fused-ring (bicyclic) bond motifs is 2. The molecule has 0 radical (unpaired) electrons. The van der Waals surface area contributed by atoms with Crippen molar-refractivity contribution < 1.29 is 28.3 Å². The summed E-state index contributed by atoms with van der Waals surface area (Å²) in [6, 6.07) is 4.56. The molecule has 3 saturated heterocycles. The number of rotatable bonds is 5. The van der Waals surface area contributed by atoms with Crippen LogP contribution in [0.1, 0.15) is 124 Å². The fraction of sp³-hybridized carbons (Fsp3) is 0.778. The summed E-state index contributed by atoms with van der Waals surface area (Å²) >= 11 is 0. The normalized spacial score (nSPS) is 32.9. The third kappa shape index (κ3) is 4.33. The first-order valence-electron chi connectivity index (χ1n) is 12.6. The Morgan fingerprint density at radius 1 is 0.941 bits per heavy atom. The van der Waals surface area contributed by atoms with Gasteiger partial charge in [0.2, 0.25) is 0 Å². The molecule has 3 fully saturated rings. The highest BCUT2D eigenvalue weighted by Gasteiger charge is 2.78. The minimum absolute atomic E-state index is 0.0558. The maximum atomic E-state index is 12.5. The van der Waals surface area contributed by atoms with Crippen LogP contribution in [-0.2, 0) is 34.4 Å². The second kappa shape index (κ2) is 8.39. The summed E-state index contributed by atoms with van der Waals surface area (Å²) < 4.78 is 28.7. The van der Waals surface area contributed by atoms with Crippen LogP contribution in [-0.4, -0.2) is 22.5 Å². The molecule has 0 spiro atoms. The Labute approximate surface area is 206 Å². The van der Waals surface area contributed by atoms with Gasteiger partial charge in [0, 0.05) is 5.92 Å². The van der Waals surface area contributed by atoms with Crippen LogP contribution < -0.4 is 0 Å². The molecule has 1 aromatic carbocycles. The summed E-state index contributed by atoms with van der Waals surface area (Å²) in [6.07, 6.45) is 0.287. The van der Waals surface area contributed by atoms with Crippen LogP contribution in [0.2, 0.25) is 0 Å². The van der Waals surface area contributed by atoms with Crippen LogP contribution in [0.3, 0.4) is 0 Å². The first-order valence-corrected chi connectivity index (χ1v) is 14.0. The number of hydrogen-bond acceptors (Lipinski definition) is 6. The first-order chi connectivity index (χ1) is 15.3. The second-order valence-corrected chi connectivity index (χ2v) is 14.6. The van der Waals surface area contributed by atoms with E-state index in [1.807, 2.05) is 6.92 Å². The van der Waals surface area contributed by atoms with Crippen molar-refractivity contribution in [2.24, 2.45) is 5.41 Å². The molecule has 194 valence electrons. The standard InChI is InChI=1S/C27H45O6P/c1-12-14-18(26(13-2)22(28)31-34(30)32-27(26,29)33-34)21-19(24(6,7)8)15-17(23(3,4)5)16-20(21)25(9,10)11/h15-16,18,22,28-29H,12-14H2,1-11H3. The minimum Gasteiger partial charge on any atom is -0.367 e. The van der Waals surface area contributed by atoms with Crippen LogP contribution in [0.5, 0.6) is 0 Å². The number of phosphoric ester groups is 1. The fourth-order valence-corrected chi connectivity index (χ4v) is 7.06. The second-order valence-electron chi connectivity index (χ2n) is 13.1. The predicted octanol–water partition coefficient (Wildman–Crippen LogP) is 7.01. The van der Waals surface area contributed by atoms with Gasteiger partial charge < -0.3 is 10.2 Å². The van der Waals surface area contributed by atoms with Gasteiger partial charge in [0.25, 0.3) is 0 Å². The lowest BCUT2D eigenvalue weighted by Crippen LogP contribution is -2.68. The molecule has 3 heterocycles. The van der Waals surface area contributed by atoms with Crippen molar-refractivity contribution in [1.82, 2.24) is 0 Å². The monoisotopic (exact) mass is 496 g/mol. The van der Waals surface area contributed by atoms with E-state index in [4.69, 9.17) is 13.6 Å². The van der Waals surface area contributed by atoms with Gasteiger partial charge in [-0.2, -0.15) is 0 Å². The molecule has 3 aliphatic heterocycles. The van der Waals surface area contributed by atoms with E-state index in [1.54, 1.807) is 0 Å². The van der Waals surface area contributed by atoms with E-state index >= 15 is 0 Å². The summed E-state index contributed by atoms with van der Waals surface area (Å²) in [4.78, 5) is 0. The SMILES string of the molecule is CCCC(c1c(C(C)(C)C)cc(C(C)(C)C)cc1C(C)(C)C)C1(CC)C(O)OP2(=O)OC1(O)O2. The highest BCUT2D eigenvalue weighted by Crippen LogP contribution is 2.77. The Balaban J connectivity index is 2.43. The summed E-state index contributed by atoms with van der Waals surface area (Å²) in [5.74, 6) is -2.55. The number of hydrogen-bond donors (Lipinski definition) is 2. The number of phosphoric acid groups is 1. The Hall–Kier alpha value is -0.750. The molecule has 3 atom stereocenters. The Bertz CT molecular complexity index is 927. The van der Waals surface area contributed by atoms with Crippen LogP contribution in [0.15, 0.2) is 12.1 Å². The van der Waals surface area contributed by atoms with Gasteiger partial charge in [-0.15, -0.1) is 0 Å². The minimum atomic E-state index is -3.93. The molecule has 0 aromatic heterocycles. The lowest BCUT2D eigenvalue weighted by molar-refractivity contribution is -0.467. The third-order valence-electron chi connectivity index (χ3n) is 7.52. The molecule has 0 saturated carbocycles. The van der Waals surface area contributed by atoms with Crippen molar-refractivity contribution in [2.75, 3.05) is 0 Å². The molecule has 2 bridgehead atoms. The van der Waals surface area contributed by atoms with Crippen molar-refractivity contribution in [2.45, 2.75) is 130 Å². The summed E-state index contributed by atoms with van der Waals surface area (Å²) in [7, 11) is -3.93. The largest absolute Gasteiger partial charge is 0.486 e. The lowest BCUT2D eigenvalue weighted by Gasteiger charge is -2.61. The van der Waals surface area contributed by atoms with E-state index < -0.39 is 25.5 Å². The summed E-state index contributed by atoms with van der Waals surface area (Å²) in [5.41, 5.74) is 2.84. The van der Waals surface area contributed by atoms with Gasteiger partial charge in [0.15, 0.2) is 6.29 Å². The quantitative estimate of drug-likeness (QED) is 0.427. The molecular weight excluding hydrogens is 451 g/mol. The maximum absolute atomic E-state index is 12.5. The van der Waals surface area contributed by atoms with E-state index in [9.17, 15) is 14.8 Å². The fourth-order valence-electron chi connectivity index (χ4n) is 5.58. The summed E-state index contributed by atoms with van der Waals surface area (Å²) in [6.45, 7) is 23.8. The molecule has 7 heteroatoms. The summed E-state index contributed by atoms with van der Waals surface area (Å²) in [5, 5.41) is 22.7. The van der Waals surface area contributed by atoms with E-state index in [1.165, 1.54) is 16.7 Å². The molecule has 2 N–H and O–H groups in total. The zero-order valence-electron chi connectivity index (χ0n) is 22.9. The van der Waals surface area contributed by atoms with E-state index in [0.29, 0.717) is 12.8 Å². The lowest BCUT2D eigenvalue weighted by atomic mass is 9.60. The topological polar surface area (TPSA) is 85.2 Å². The van der Waals surface area contributed by atoms with Gasteiger partial charge in [-0.1, -0.05) is 94.7 Å². The van der Waals surface area contributed by atoms with E-state index in [2.05, 4.69) is 81.4 Å². The highest BCUT2D eigenvalue weighted by molar-refractivity contribution is 7.49. The molecule has 6 nitrogen and oxygen atoms in total. The third-order valence-corrected chi connectivity index (χ3v) is 8.92. The van der Waals surface area contributed by atoms with E-state index in [0.717, 1.165) is 12.0 Å². The molecule has 1 aromatic rings. The van der Waals surface area contributed by atoms with Gasteiger partial charge >= 0.3 is 13.8 Å². The van der Waals surface area contributed by atoms with Crippen molar-refractivity contribution in [3.63, 3.8) is 0 Å². The highest BCUT2D eigenvalue weighted by atomic mass is 31.2. The zero-order valence-corrected chi connectivity index (χ0v) is 23.8. The maximum Gasteiger partial charge on any atom is 0.486 e. The average Bonchev–Trinajstić information content (AvgIpc) is 2.62. The first kappa shape index (κ1) is 27.8. The molecule has 0 amide bonds. The average molecular weight is 497 g/mol. The van der Waals surface area contributed by atoms with Gasteiger partial charge in [-0.25, -0.2) is 13.6 Å². The van der Waals surface area contributed by atoms with Crippen LogP contribution in [0.25, 0.3) is 0 Å². The molecule has 34 heavy (non-hydrogen) atoms. The number of aliphatic hydroxyl groups excluding tert-OH is 1. The van der Waals surface area contributed by atoms with Crippen molar-refractivity contribution >= 4 is 7.82 Å². The Kier molecular flexibility index (Phi) is 6.87. The molecule has 4 rings (SSSR count). The van der Waals surface area contributed by atoms with Gasteiger partial charge in [0.1, 0.15) is 5.41 Å². The number of benzene rings is 1. The van der Waals surface area contributed by atoms with E-state index in [-0.39, 0.29) is 22.2 Å². The van der Waals surface area contributed by atoms with Gasteiger partial charge in [-0.05, 0) is 51.3 Å². The van der Waals surface area contributed by atoms with Crippen molar-refractivity contribution in [3.8, 4) is 0 Å².